The second kappa shape index (κ2) is 6.24. The lowest BCUT2D eigenvalue weighted by Crippen LogP contribution is -2.27. The van der Waals surface area contributed by atoms with Gasteiger partial charge in [0.05, 0.1) is 10.7 Å². The van der Waals surface area contributed by atoms with Crippen LogP contribution in [0.5, 0.6) is 0 Å². The van der Waals surface area contributed by atoms with Crippen LogP contribution < -0.4 is 5.32 Å². The van der Waals surface area contributed by atoms with Crippen LogP contribution in [0.15, 0.2) is 35.4 Å². The second-order valence-electron chi connectivity index (χ2n) is 5.74. The molecule has 1 aliphatic carbocycles. The van der Waals surface area contributed by atoms with Crippen LogP contribution in [0.3, 0.4) is 0 Å². The summed E-state index contributed by atoms with van der Waals surface area (Å²) in [7, 11) is 2.03. The van der Waals surface area contributed by atoms with E-state index in [0.717, 1.165) is 18.7 Å². The molecule has 3 rings (SSSR count). The van der Waals surface area contributed by atoms with E-state index in [4.69, 9.17) is 0 Å². The van der Waals surface area contributed by atoms with Crippen molar-refractivity contribution in [1.82, 2.24) is 15.1 Å². The van der Waals surface area contributed by atoms with Crippen LogP contribution in [0.2, 0.25) is 0 Å². The fraction of sp³-hybridized carbons (Fsp3) is 0.471. The summed E-state index contributed by atoms with van der Waals surface area (Å²) in [5.41, 5.74) is 4.05. The predicted octanol–water partition coefficient (Wildman–Crippen LogP) is 3.49. The summed E-state index contributed by atoms with van der Waals surface area (Å²) in [5, 5.41) is 10.0. The van der Waals surface area contributed by atoms with Crippen LogP contribution in [0.4, 0.5) is 0 Å². The van der Waals surface area contributed by atoms with Crippen LogP contribution in [0, 0.1) is 6.92 Å². The molecule has 1 N–H and O–H groups in total. The Balaban J connectivity index is 1.82. The second-order valence-corrected chi connectivity index (χ2v) is 7.00. The molecule has 2 aromatic rings. The zero-order valence-corrected chi connectivity index (χ0v) is 13.8. The third kappa shape index (κ3) is 3.01. The highest BCUT2D eigenvalue weighted by Crippen LogP contribution is 2.41. The lowest BCUT2D eigenvalue weighted by molar-refractivity contribution is 0.537. The fourth-order valence-electron chi connectivity index (χ4n) is 3.06. The van der Waals surface area contributed by atoms with Gasteiger partial charge in [-0.3, -0.25) is 4.68 Å². The van der Waals surface area contributed by atoms with E-state index in [0.29, 0.717) is 11.3 Å². The van der Waals surface area contributed by atoms with E-state index in [1.165, 1.54) is 22.6 Å². The van der Waals surface area contributed by atoms with Gasteiger partial charge in [-0.15, -0.1) is 11.8 Å². The van der Waals surface area contributed by atoms with Gasteiger partial charge >= 0.3 is 0 Å². The molecule has 0 amide bonds. The lowest BCUT2D eigenvalue weighted by atomic mass is 10.1. The number of hydrogen-bond donors (Lipinski definition) is 1. The van der Waals surface area contributed by atoms with E-state index in [1.807, 2.05) is 23.5 Å². The first-order valence-corrected chi connectivity index (χ1v) is 8.55. The van der Waals surface area contributed by atoms with Crippen molar-refractivity contribution < 1.29 is 0 Å². The maximum absolute atomic E-state index is 4.46. The Bertz CT molecular complexity index is 620. The molecule has 0 bridgehead atoms. The normalized spacial score (nSPS) is 20.7. The summed E-state index contributed by atoms with van der Waals surface area (Å²) in [4.78, 5) is 0. The summed E-state index contributed by atoms with van der Waals surface area (Å²) in [5.74, 6) is 0. The third-order valence-corrected chi connectivity index (χ3v) is 5.39. The Morgan fingerprint density at radius 3 is 2.90 bits per heavy atom. The van der Waals surface area contributed by atoms with Gasteiger partial charge in [-0.1, -0.05) is 31.2 Å². The predicted molar refractivity (Wildman–Crippen MR) is 88.8 cm³/mol. The van der Waals surface area contributed by atoms with Crippen molar-refractivity contribution in [3.63, 3.8) is 0 Å². The number of thioether (sulfide) groups is 1. The summed E-state index contributed by atoms with van der Waals surface area (Å²) >= 11 is 1.95. The van der Waals surface area contributed by atoms with Crippen LogP contribution in [0.1, 0.15) is 36.2 Å². The van der Waals surface area contributed by atoms with Crippen molar-refractivity contribution in [1.29, 1.82) is 0 Å². The molecule has 0 spiro atoms. The molecule has 112 valence electrons. The summed E-state index contributed by atoms with van der Waals surface area (Å²) < 4.78 is 2.00. The largest absolute Gasteiger partial charge is 0.309 e. The van der Waals surface area contributed by atoms with Gasteiger partial charge in [0, 0.05) is 18.3 Å². The maximum atomic E-state index is 4.46. The first kappa shape index (κ1) is 14.7. The van der Waals surface area contributed by atoms with Gasteiger partial charge < -0.3 is 5.32 Å². The molecule has 0 saturated carbocycles. The SMILES string of the molecule is CCCNC1c2ccccc2CC1Sc1cc(C)nn1C. The van der Waals surface area contributed by atoms with Gasteiger partial charge in [-0.25, -0.2) is 0 Å². The molecule has 0 radical (unpaired) electrons. The van der Waals surface area contributed by atoms with E-state index in [9.17, 15) is 0 Å². The Morgan fingerprint density at radius 1 is 1.38 bits per heavy atom. The van der Waals surface area contributed by atoms with Crippen molar-refractivity contribution in [3.05, 3.63) is 47.2 Å². The Labute approximate surface area is 131 Å². The minimum atomic E-state index is 0.446. The number of nitrogens with zero attached hydrogens (tertiary/aromatic N) is 2. The highest BCUT2D eigenvalue weighted by molar-refractivity contribution is 7.99. The van der Waals surface area contributed by atoms with Crippen molar-refractivity contribution in [2.45, 2.75) is 43.0 Å². The molecule has 1 aliphatic rings. The van der Waals surface area contributed by atoms with Gasteiger partial charge in [0.15, 0.2) is 0 Å². The molecule has 1 heterocycles. The minimum Gasteiger partial charge on any atom is -0.309 e. The zero-order valence-electron chi connectivity index (χ0n) is 13.0. The van der Waals surface area contributed by atoms with Crippen LogP contribution in [0.25, 0.3) is 0 Å². The first-order valence-electron chi connectivity index (χ1n) is 7.67. The molecule has 0 saturated heterocycles. The van der Waals surface area contributed by atoms with Gasteiger partial charge in [-0.2, -0.15) is 5.10 Å². The standard InChI is InChI=1S/C17H23N3S/c1-4-9-18-17-14-8-6-5-7-13(14)11-15(17)21-16-10-12(2)19-20(16)3/h5-8,10,15,17-18H,4,9,11H2,1-3H3. The molecule has 0 fully saturated rings. The number of fused-ring (bicyclic) bond motifs is 1. The molecule has 2 atom stereocenters. The van der Waals surface area contributed by atoms with E-state index in [1.54, 1.807) is 0 Å². The van der Waals surface area contributed by atoms with Crippen molar-refractivity contribution in [2.24, 2.45) is 7.05 Å². The first-order chi connectivity index (χ1) is 10.2. The monoisotopic (exact) mass is 301 g/mol. The summed E-state index contributed by atoms with van der Waals surface area (Å²) in [6.45, 7) is 5.35. The molecule has 1 aromatic heterocycles. The van der Waals surface area contributed by atoms with Gasteiger partial charge in [0.1, 0.15) is 0 Å². The Kier molecular flexibility index (Phi) is 4.36. The van der Waals surface area contributed by atoms with Gasteiger partial charge in [-0.05, 0) is 43.5 Å². The lowest BCUT2D eigenvalue weighted by Gasteiger charge is -2.21. The van der Waals surface area contributed by atoms with Crippen LogP contribution >= 0.6 is 11.8 Å². The van der Waals surface area contributed by atoms with Gasteiger partial charge in [0.2, 0.25) is 0 Å². The highest BCUT2D eigenvalue weighted by Gasteiger charge is 2.33. The molecular weight excluding hydrogens is 278 g/mol. The molecular formula is C17H23N3S. The number of aromatic nitrogens is 2. The topological polar surface area (TPSA) is 29.9 Å². The van der Waals surface area contributed by atoms with Crippen molar-refractivity contribution in [3.8, 4) is 0 Å². The molecule has 21 heavy (non-hydrogen) atoms. The number of nitrogens with one attached hydrogen (secondary N) is 1. The molecule has 0 aliphatic heterocycles. The van der Waals surface area contributed by atoms with Crippen LogP contribution in [-0.2, 0) is 13.5 Å². The van der Waals surface area contributed by atoms with Gasteiger partial charge in [0.25, 0.3) is 0 Å². The Morgan fingerprint density at radius 2 is 2.19 bits per heavy atom. The summed E-state index contributed by atoms with van der Waals surface area (Å²) in [6.07, 6.45) is 2.30. The average molecular weight is 301 g/mol. The highest BCUT2D eigenvalue weighted by atomic mass is 32.2. The fourth-order valence-corrected chi connectivity index (χ4v) is 4.45. The number of benzene rings is 1. The molecule has 3 nitrogen and oxygen atoms in total. The molecule has 1 aromatic carbocycles. The van der Waals surface area contributed by atoms with E-state index < -0.39 is 0 Å². The van der Waals surface area contributed by atoms with E-state index >= 15 is 0 Å². The van der Waals surface area contributed by atoms with E-state index in [-0.39, 0.29) is 0 Å². The number of rotatable bonds is 5. The maximum Gasteiger partial charge on any atom is 0.0942 e. The zero-order chi connectivity index (χ0) is 14.8. The van der Waals surface area contributed by atoms with Crippen molar-refractivity contribution in [2.75, 3.05) is 6.54 Å². The van der Waals surface area contributed by atoms with Crippen LogP contribution in [-0.4, -0.2) is 21.6 Å². The van der Waals surface area contributed by atoms with E-state index in [2.05, 4.69) is 54.6 Å². The quantitative estimate of drug-likeness (QED) is 0.917. The minimum absolute atomic E-state index is 0.446. The smallest absolute Gasteiger partial charge is 0.0942 e. The Hall–Kier alpha value is -1.26. The summed E-state index contributed by atoms with van der Waals surface area (Å²) in [6, 6.07) is 11.5. The van der Waals surface area contributed by atoms with Crippen molar-refractivity contribution >= 4 is 11.8 Å². The molecule has 2 unspecified atom stereocenters. The number of hydrogen-bond acceptors (Lipinski definition) is 3. The third-order valence-electron chi connectivity index (χ3n) is 4.03. The average Bonchev–Trinajstić information content (AvgIpc) is 2.97. The number of aryl methyl sites for hydroxylation is 2. The molecule has 4 heteroatoms.